The number of piperidine rings is 1. The van der Waals surface area contributed by atoms with Gasteiger partial charge < -0.3 is 15.5 Å². The van der Waals surface area contributed by atoms with Crippen molar-refractivity contribution in [2.24, 2.45) is 0 Å². The van der Waals surface area contributed by atoms with Crippen LogP contribution in [0.5, 0.6) is 0 Å². The minimum Gasteiger partial charge on any atom is -0.478 e. The van der Waals surface area contributed by atoms with Crippen molar-refractivity contribution in [3.8, 4) is 0 Å². The van der Waals surface area contributed by atoms with Gasteiger partial charge in [-0.15, -0.1) is 0 Å². The summed E-state index contributed by atoms with van der Waals surface area (Å²) >= 11 is 0. The van der Waals surface area contributed by atoms with Crippen LogP contribution in [0.1, 0.15) is 28.8 Å². The second-order valence-electron chi connectivity index (χ2n) is 4.01. The molecule has 0 radical (unpaired) electrons. The van der Waals surface area contributed by atoms with Gasteiger partial charge in [-0.05, 0) is 32.0 Å². The van der Waals surface area contributed by atoms with Crippen LogP contribution in [-0.2, 0) is 5.60 Å². The molecule has 0 aromatic carbocycles. The number of hydrogen-bond acceptors (Lipinski definition) is 4. The molecule has 0 spiro atoms. The number of aromatic carboxylic acids is 1. The lowest BCUT2D eigenvalue weighted by atomic mass is 9.83. The maximum Gasteiger partial charge on any atom is 0.336 e. The molecule has 0 bridgehead atoms. The predicted molar refractivity (Wildman–Crippen MR) is 57.2 cm³/mol. The van der Waals surface area contributed by atoms with Crippen molar-refractivity contribution in [1.82, 2.24) is 10.3 Å². The zero-order chi connectivity index (χ0) is 11.6. The van der Waals surface area contributed by atoms with E-state index >= 15 is 0 Å². The van der Waals surface area contributed by atoms with Crippen molar-refractivity contribution in [1.29, 1.82) is 0 Å². The first kappa shape index (κ1) is 11.0. The van der Waals surface area contributed by atoms with E-state index in [1.807, 2.05) is 0 Å². The van der Waals surface area contributed by atoms with E-state index in [1.165, 1.54) is 18.5 Å². The fourth-order valence-corrected chi connectivity index (χ4v) is 2.06. The van der Waals surface area contributed by atoms with Gasteiger partial charge in [0.2, 0.25) is 0 Å². The third-order valence-corrected chi connectivity index (χ3v) is 2.98. The van der Waals surface area contributed by atoms with Gasteiger partial charge in [0.25, 0.3) is 0 Å². The maximum atomic E-state index is 11.1. The second-order valence-corrected chi connectivity index (χ2v) is 4.01. The minimum atomic E-state index is -1.06. The average molecular weight is 222 g/mol. The van der Waals surface area contributed by atoms with Crippen LogP contribution in [-0.4, -0.2) is 34.3 Å². The number of aromatic nitrogens is 1. The topological polar surface area (TPSA) is 82.5 Å². The Kier molecular flexibility index (Phi) is 2.89. The van der Waals surface area contributed by atoms with Crippen LogP contribution in [0, 0.1) is 0 Å². The summed E-state index contributed by atoms with van der Waals surface area (Å²) in [5.41, 5.74) is -0.504. The number of carboxylic acid groups (broad SMARTS) is 1. The van der Waals surface area contributed by atoms with Crippen LogP contribution in [0.15, 0.2) is 18.5 Å². The van der Waals surface area contributed by atoms with Crippen molar-refractivity contribution in [3.63, 3.8) is 0 Å². The Labute approximate surface area is 93.1 Å². The number of carboxylic acids is 1. The highest BCUT2D eigenvalue weighted by Gasteiger charge is 2.34. The molecule has 1 aromatic heterocycles. The highest BCUT2D eigenvalue weighted by Crippen LogP contribution is 2.32. The lowest BCUT2D eigenvalue weighted by Crippen LogP contribution is -2.40. The quantitative estimate of drug-likeness (QED) is 0.672. The molecular formula is C11H14N2O3. The molecule has 1 fully saturated rings. The van der Waals surface area contributed by atoms with E-state index in [2.05, 4.69) is 10.3 Å². The maximum absolute atomic E-state index is 11.1. The van der Waals surface area contributed by atoms with E-state index in [0.717, 1.165) is 0 Å². The van der Waals surface area contributed by atoms with Gasteiger partial charge in [0, 0.05) is 18.0 Å². The molecule has 5 heteroatoms. The summed E-state index contributed by atoms with van der Waals surface area (Å²) in [7, 11) is 0. The van der Waals surface area contributed by atoms with Crippen molar-refractivity contribution < 1.29 is 15.0 Å². The molecule has 2 heterocycles. The molecule has 0 aliphatic carbocycles. The van der Waals surface area contributed by atoms with Gasteiger partial charge >= 0.3 is 5.97 Å². The van der Waals surface area contributed by atoms with Gasteiger partial charge in [-0.2, -0.15) is 0 Å². The summed E-state index contributed by atoms with van der Waals surface area (Å²) < 4.78 is 0. The molecule has 1 saturated heterocycles. The highest BCUT2D eigenvalue weighted by atomic mass is 16.4. The summed E-state index contributed by atoms with van der Waals surface area (Å²) in [5, 5.41) is 22.6. The van der Waals surface area contributed by atoms with Gasteiger partial charge in [-0.25, -0.2) is 4.79 Å². The molecule has 0 saturated carbocycles. The number of nitrogens with one attached hydrogen (secondary N) is 1. The molecule has 1 aliphatic heterocycles. The third kappa shape index (κ3) is 1.91. The summed E-state index contributed by atoms with van der Waals surface area (Å²) in [6.07, 6.45) is 3.91. The summed E-state index contributed by atoms with van der Waals surface area (Å²) in [6.45, 7) is 1.37. The van der Waals surface area contributed by atoms with Gasteiger partial charge in [0.1, 0.15) is 0 Å². The number of rotatable bonds is 2. The normalized spacial score (nSPS) is 19.3. The summed E-state index contributed by atoms with van der Waals surface area (Å²) in [4.78, 5) is 15.0. The van der Waals surface area contributed by atoms with Crippen LogP contribution in [0.4, 0.5) is 0 Å². The minimum absolute atomic E-state index is 0.138. The van der Waals surface area contributed by atoms with E-state index in [9.17, 15) is 9.90 Å². The monoisotopic (exact) mass is 222 g/mol. The average Bonchev–Trinajstić information content (AvgIpc) is 2.30. The van der Waals surface area contributed by atoms with Crippen molar-refractivity contribution >= 4 is 5.97 Å². The molecule has 5 nitrogen and oxygen atoms in total. The SMILES string of the molecule is O=C(O)c1ccncc1C1(O)CCNCC1. The fourth-order valence-electron chi connectivity index (χ4n) is 2.06. The van der Waals surface area contributed by atoms with Crippen LogP contribution < -0.4 is 5.32 Å². The van der Waals surface area contributed by atoms with Crippen LogP contribution in [0.25, 0.3) is 0 Å². The molecule has 0 amide bonds. The Morgan fingerprint density at radius 2 is 2.12 bits per heavy atom. The first-order chi connectivity index (χ1) is 7.63. The van der Waals surface area contributed by atoms with E-state index in [0.29, 0.717) is 31.5 Å². The zero-order valence-corrected chi connectivity index (χ0v) is 8.81. The summed E-state index contributed by atoms with van der Waals surface area (Å²) in [5.74, 6) is -1.02. The van der Waals surface area contributed by atoms with Crippen LogP contribution in [0.2, 0.25) is 0 Å². The molecule has 0 atom stereocenters. The smallest absolute Gasteiger partial charge is 0.336 e. The molecule has 3 N–H and O–H groups in total. The lowest BCUT2D eigenvalue weighted by Gasteiger charge is -2.33. The Morgan fingerprint density at radius 3 is 2.75 bits per heavy atom. The van der Waals surface area contributed by atoms with E-state index in [1.54, 1.807) is 0 Å². The third-order valence-electron chi connectivity index (χ3n) is 2.98. The molecule has 2 rings (SSSR count). The fraction of sp³-hybridized carbons (Fsp3) is 0.455. The Hall–Kier alpha value is -1.46. The molecule has 86 valence electrons. The first-order valence-corrected chi connectivity index (χ1v) is 5.24. The predicted octanol–water partition coefficient (Wildman–Crippen LogP) is 0.351. The summed E-state index contributed by atoms with van der Waals surface area (Å²) in [6, 6.07) is 1.43. The largest absolute Gasteiger partial charge is 0.478 e. The zero-order valence-electron chi connectivity index (χ0n) is 8.81. The standard InChI is InChI=1S/C11H14N2O3/c14-10(15)8-1-4-13-7-9(8)11(16)2-5-12-6-3-11/h1,4,7,12,16H,2-3,5-6H2,(H,14,15). The van der Waals surface area contributed by atoms with E-state index < -0.39 is 11.6 Å². The van der Waals surface area contributed by atoms with Crippen molar-refractivity contribution in [2.75, 3.05) is 13.1 Å². The molecule has 1 aliphatic rings. The number of hydrogen-bond donors (Lipinski definition) is 3. The van der Waals surface area contributed by atoms with Gasteiger partial charge in [0.15, 0.2) is 0 Å². The molecule has 16 heavy (non-hydrogen) atoms. The van der Waals surface area contributed by atoms with Gasteiger partial charge in [-0.3, -0.25) is 4.98 Å². The molecular weight excluding hydrogens is 208 g/mol. The Morgan fingerprint density at radius 1 is 1.44 bits per heavy atom. The van der Waals surface area contributed by atoms with Crippen molar-refractivity contribution in [3.05, 3.63) is 29.6 Å². The first-order valence-electron chi connectivity index (χ1n) is 5.24. The number of nitrogens with zero attached hydrogens (tertiary/aromatic N) is 1. The highest BCUT2D eigenvalue weighted by molar-refractivity contribution is 5.89. The second kappa shape index (κ2) is 4.19. The van der Waals surface area contributed by atoms with Crippen LogP contribution in [0.3, 0.4) is 0 Å². The number of carbonyl (C=O) groups is 1. The number of pyridine rings is 1. The molecule has 0 unspecified atom stereocenters. The van der Waals surface area contributed by atoms with Crippen molar-refractivity contribution in [2.45, 2.75) is 18.4 Å². The van der Waals surface area contributed by atoms with Gasteiger partial charge in [0.05, 0.1) is 11.2 Å². The van der Waals surface area contributed by atoms with Crippen LogP contribution >= 0.6 is 0 Å². The van der Waals surface area contributed by atoms with E-state index in [4.69, 9.17) is 5.11 Å². The Balaban J connectivity index is 2.42. The van der Waals surface area contributed by atoms with Gasteiger partial charge in [-0.1, -0.05) is 0 Å². The lowest BCUT2D eigenvalue weighted by molar-refractivity contribution is 0.00412. The Bertz CT molecular complexity index is 400. The molecule has 1 aromatic rings. The van der Waals surface area contributed by atoms with E-state index in [-0.39, 0.29) is 5.56 Å². The number of aliphatic hydroxyl groups is 1.